The van der Waals surface area contributed by atoms with Crippen molar-refractivity contribution >= 4 is 21.4 Å². The van der Waals surface area contributed by atoms with Crippen LogP contribution in [0.2, 0.25) is 0 Å². The maximum absolute atomic E-state index is 12.1. The molecule has 0 aliphatic carbocycles. The van der Waals surface area contributed by atoms with E-state index in [4.69, 9.17) is 5.73 Å². The summed E-state index contributed by atoms with van der Waals surface area (Å²) in [5, 5.41) is 1.78. The van der Waals surface area contributed by atoms with E-state index in [1.165, 1.54) is 11.3 Å². The van der Waals surface area contributed by atoms with Crippen molar-refractivity contribution in [3.63, 3.8) is 0 Å². The van der Waals surface area contributed by atoms with Crippen LogP contribution < -0.4 is 5.73 Å². The molecule has 0 amide bonds. The zero-order valence-electron chi connectivity index (χ0n) is 8.30. The van der Waals surface area contributed by atoms with E-state index in [9.17, 15) is 8.42 Å². The summed E-state index contributed by atoms with van der Waals surface area (Å²) in [6, 6.07) is 3.38. The molecular formula is C9H14N2O2S2. The van der Waals surface area contributed by atoms with E-state index in [2.05, 4.69) is 0 Å². The fourth-order valence-corrected chi connectivity index (χ4v) is 4.71. The van der Waals surface area contributed by atoms with Crippen molar-refractivity contribution in [1.29, 1.82) is 0 Å². The average molecular weight is 246 g/mol. The minimum Gasteiger partial charge on any atom is -0.329 e. The lowest BCUT2D eigenvalue weighted by Gasteiger charge is -2.21. The van der Waals surface area contributed by atoms with Gasteiger partial charge in [0.05, 0.1) is 0 Å². The number of nitrogens with zero attached hydrogens (tertiary/aromatic N) is 1. The van der Waals surface area contributed by atoms with Gasteiger partial charge in [-0.05, 0) is 24.3 Å². The number of hydrogen-bond donors (Lipinski definition) is 1. The number of nitrogens with two attached hydrogens (primary N) is 1. The Morgan fingerprint density at radius 2 is 2.40 bits per heavy atom. The van der Waals surface area contributed by atoms with Gasteiger partial charge in [0, 0.05) is 19.1 Å². The fourth-order valence-electron chi connectivity index (χ4n) is 1.89. The van der Waals surface area contributed by atoms with Gasteiger partial charge in [0.1, 0.15) is 4.21 Å². The highest BCUT2D eigenvalue weighted by molar-refractivity contribution is 7.91. The molecule has 2 rings (SSSR count). The maximum Gasteiger partial charge on any atom is 0.252 e. The molecule has 0 radical (unpaired) electrons. The zero-order chi connectivity index (χ0) is 10.9. The van der Waals surface area contributed by atoms with Gasteiger partial charge in [0.2, 0.25) is 0 Å². The van der Waals surface area contributed by atoms with Crippen LogP contribution in [0.4, 0.5) is 0 Å². The first-order valence-electron chi connectivity index (χ1n) is 4.91. The van der Waals surface area contributed by atoms with Gasteiger partial charge < -0.3 is 5.73 Å². The Balaban J connectivity index is 2.30. The Morgan fingerprint density at radius 1 is 1.60 bits per heavy atom. The van der Waals surface area contributed by atoms with Gasteiger partial charge in [0.15, 0.2) is 0 Å². The number of sulfonamides is 1. The van der Waals surface area contributed by atoms with E-state index in [1.54, 1.807) is 21.8 Å². The summed E-state index contributed by atoms with van der Waals surface area (Å²) in [4.78, 5) is 0. The molecule has 1 fully saturated rings. The molecule has 0 unspecified atom stereocenters. The van der Waals surface area contributed by atoms with Crippen LogP contribution in [-0.2, 0) is 10.0 Å². The second kappa shape index (κ2) is 4.21. The van der Waals surface area contributed by atoms with Gasteiger partial charge in [-0.2, -0.15) is 4.31 Å². The van der Waals surface area contributed by atoms with E-state index in [0.717, 1.165) is 12.8 Å². The summed E-state index contributed by atoms with van der Waals surface area (Å²) >= 11 is 1.26. The van der Waals surface area contributed by atoms with Crippen LogP contribution >= 0.6 is 11.3 Å². The molecule has 4 nitrogen and oxygen atoms in total. The molecule has 15 heavy (non-hydrogen) atoms. The number of thiophene rings is 1. The third kappa shape index (κ3) is 1.94. The van der Waals surface area contributed by atoms with Gasteiger partial charge in [-0.3, -0.25) is 0 Å². The topological polar surface area (TPSA) is 63.4 Å². The molecule has 2 N–H and O–H groups in total. The Morgan fingerprint density at radius 3 is 3.00 bits per heavy atom. The van der Waals surface area contributed by atoms with Gasteiger partial charge in [-0.1, -0.05) is 6.07 Å². The second-order valence-corrected chi connectivity index (χ2v) is 6.64. The zero-order valence-corrected chi connectivity index (χ0v) is 9.93. The molecule has 2 heterocycles. The molecule has 1 saturated heterocycles. The molecule has 0 spiro atoms. The summed E-state index contributed by atoms with van der Waals surface area (Å²) in [5.41, 5.74) is 5.57. The molecule has 0 saturated carbocycles. The summed E-state index contributed by atoms with van der Waals surface area (Å²) in [7, 11) is -3.28. The lowest BCUT2D eigenvalue weighted by molar-refractivity contribution is 0.394. The predicted octanol–water partition coefficient (Wildman–Crippen LogP) is 0.860. The third-order valence-corrected chi connectivity index (χ3v) is 5.98. The highest BCUT2D eigenvalue weighted by Gasteiger charge is 2.34. The van der Waals surface area contributed by atoms with Gasteiger partial charge in [-0.25, -0.2) is 8.42 Å². The van der Waals surface area contributed by atoms with Crippen molar-refractivity contribution in [2.24, 2.45) is 5.73 Å². The summed E-state index contributed by atoms with van der Waals surface area (Å²) in [6.45, 7) is 1.01. The summed E-state index contributed by atoms with van der Waals surface area (Å²) < 4.78 is 26.3. The van der Waals surface area contributed by atoms with Gasteiger partial charge >= 0.3 is 0 Å². The van der Waals surface area contributed by atoms with Crippen LogP contribution in [0.15, 0.2) is 21.7 Å². The van der Waals surface area contributed by atoms with Crippen LogP contribution in [0.1, 0.15) is 12.8 Å². The molecule has 84 valence electrons. The minimum atomic E-state index is -3.28. The first kappa shape index (κ1) is 11.1. The molecule has 1 aromatic rings. The molecule has 6 heteroatoms. The van der Waals surface area contributed by atoms with Crippen LogP contribution in [-0.4, -0.2) is 31.9 Å². The molecule has 1 aliphatic heterocycles. The van der Waals surface area contributed by atoms with Gasteiger partial charge in [0.25, 0.3) is 10.0 Å². The van der Waals surface area contributed by atoms with Crippen molar-refractivity contribution in [2.75, 3.05) is 13.1 Å². The van der Waals surface area contributed by atoms with Crippen molar-refractivity contribution in [3.8, 4) is 0 Å². The Kier molecular flexibility index (Phi) is 3.11. The van der Waals surface area contributed by atoms with Crippen LogP contribution in [0.5, 0.6) is 0 Å². The Labute approximate surface area is 93.8 Å². The Bertz CT molecular complexity index is 413. The highest BCUT2D eigenvalue weighted by atomic mass is 32.2. The van der Waals surface area contributed by atoms with Crippen molar-refractivity contribution in [3.05, 3.63) is 17.5 Å². The SMILES string of the molecule is NC[C@@H]1CCCN1S(=O)(=O)c1cccs1. The standard InChI is InChI=1S/C9H14N2O2S2/c10-7-8-3-1-5-11(8)15(12,13)9-4-2-6-14-9/h2,4,6,8H,1,3,5,7,10H2/t8-/m0/s1. The van der Waals surface area contributed by atoms with Gasteiger partial charge in [-0.15, -0.1) is 11.3 Å². The fraction of sp³-hybridized carbons (Fsp3) is 0.556. The van der Waals surface area contributed by atoms with E-state index in [1.807, 2.05) is 0 Å². The number of hydrogen-bond acceptors (Lipinski definition) is 4. The van der Waals surface area contributed by atoms with E-state index < -0.39 is 10.0 Å². The normalized spacial score (nSPS) is 23.4. The van der Waals surface area contributed by atoms with E-state index >= 15 is 0 Å². The van der Waals surface area contributed by atoms with Crippen molar-refractivity contribution < 1.29 is 8.42 Å². The van der Waals surface area contributed by atoms with E-state index in [0.29, 0.717) is 17.3 Å². The summed E-state index contributed by atoms with van der Waals surface area (Å²) in [6.07, 6.45) is 1.79. The lowest BCUT2D eigenvalue weighted by atomic mass is 10.2. The highest BCUT2D eigenvalue weighted by Crippen LogP contribution is 2.27. The molecule has 1 aromatic heterocycles. The Hall–Kier alpha value is -0.430. The summed E-state index contributed by atoms with van der Waals surface area (Å²) in [5.74, 6) is 0. The molecule has 1 aliphatic rings. The molecular weight excluding hydrogens is 232 g/mol. The van der Waals surface area contributed by atoms with Crippen LogP contribution in [0.3, 0.4) is 0 Å². The average Bonchev–Trinajstić information content (AvgIpc) is 2.89. The van der Waals surface area contributed by atoms with Crippen molar-refractivity contribution in [2.45, 2.75) is 23.1 Å². The van der Waals surface area contributed by atoms with Crippen molar-refractivity contribution in [1.82, 2.24) is 4.31 Å². The van der Waals surface area contributed by atoms with Crippen LogP contribution in [0.25, 0.3) is 0 Å². The molecule has 1 atom stereocenters. The predicted molar refractivity (Wildman–Crippen MR) is 60.3 cm³/mol. The monoisotopic (exact) mass is 246 g/mol. The molecule has 0 aromatic carbocycles. The molecule has 0 bridgehead atoms. The number of rotatable bonds is 3. The maximum atomic E-state index is 12.1. The van der Waals surface area contributed by atoms with Crippen LogP contribution in [0, 0.1) is 0 Å². The third-order valence-electron chi connectivity index (χ3n) is 2.65. The first-order valence-corrected chi connectivity index (χ1v) is 7.23. The smallest absolute Gasteiger partial charge is 0.252 e. The quantitative estimate of drug-likeness (QED) is 0.860. The van der Waals surface area contributed by atoms with E-state index in [-0.39, 0.29) is 6.04 Å². The first-order chi connectivity index (χ1) is 7.16. The minimum absolute atomic E-state index is 0.0166. The largest absolute Gasteiger partial charge is 0.329 e. The lowest BCUT2D eigenvalue weighted by Crippen LogP contribution is -2.39. The second-order valence-electron chi connectivity index (χ2n) is 3.58.